The molecule has 0 spiro atoms. The van der Waals surface area contributed by atoms with Crippen LogP contribution in [0.25, 0.3) is 0 Å². The molecular weight excluding hydrogens is 220 g/mol. The highest BCUT2D eigenvalue weighted by Crippen LogP contribution is 2.21. The van der Waals surface area contributed by atoms with Crippen LogP contribution in [0.1, 0.15) is 37.3 Å². The van der Waals surface area contributed by atoms with Gasteiger partial charge in [0.05, 0.1) is 0 Å². The molecule has 0 aliphatic carbocycles. The number of aryl methyl sites for hydroxylation is 1. The minimum Gasteiger partial charge on any atom is -0.310 e. The Labute approximate surface area is 110 Å². The first-order chi connectivity index (χ1) is 8.83. The Hall–Kier alpha value is -0.860. The van der Waals surface area contributed by atoms with E-state index in [9.17, 15) is 0 Å². The van der Waals surface area contributed by atoms with Gasteiger partial charge < -0.3 is 5.32 Å². The largest absolute Gasteiger partial charge is 0.310 e. The number of benzene rings is 1. The fraction of sp³-hybridized carbons (Fsp3) is 0.625. The average Bonchev–Trinajstić information content (AvgIpc) is 2.74. The summed E-state index contributed by atoms with van der Waals surface area (Å²) in [6.45, 7) is 5.82. The molecule has 98 valence electrons. The van der Waals surface area contributed by atoms with E-state index in [1.807, 2.05) is 0 Å². The Morgan fingerprint density at radius 3 is 2.56 bits per heavy atom. The van der Waals surface area contributed by atoms with E-state index in [2.05, 4.69) is 41.4 Å². The molecule has 0 radical (unpaired) electrons. The zero-order valence-electron chi connectivity index (χ0n) is 11.4. The summed E-state index contributed by atoms with van der Waals surface area (Å²) in [5, 5.41) is 3.75. The van der Waals surface area contributed by atoms with Crippen LogP contribution >= 0.6 is 0 Å². The van der Waals surface area contributed by atoms with Gasteiger partial charge in [-0.3, -0.25) is 4.90 Å². The molecule has 0 amide bonds. The molecule has 2 aliphatic heterocycles. The van der Waals surface area contributed by atoms with Gasteiger partial charge in [-0.25, -0.2) is 0 Å². The highest BCUT2D eigenvalue weighted by molar-refractivity contribution is 5.22. The quantitative estimate of drug-likeness (QED) is 0.879. The van der Waals surface area contributed by atoms with Gasteiger partial charge in [0, 0.05) is 31.7 Å². The van der Waals surface area contributed by atoms with Crippen LogP contribution in [0.2, 0.25) is 0 Å². The maximum absolute atomic E-state index is 3.75. The van der Waals surface area contributed by atoms with Crippen molar-refractivity contribution in [3.63, 3.8) is 0 Å². The maximum atomic E-state index is 3.75. The van der Waals surface area contributed by atoms with Crippen LogP contribution in [0.4, 0.5) is 0 Å². The van der Waals surface area contributed by atoms with E-state index in [4.69, 9.17) is 0 Å². The minimum atomic E-state index is 0.743. The van der Waals surface area contributed by atoms with Gasteiger partial charge in [-0.05, 0) is 36.8 Å². The third-order valence-electron chi connectivity index (χ3n) is 4.44. The Morgan fingerprint density at radius 2 is 1.78 bits per heavy atom. The summed E-state index contributed by atoms with van der Waals surface area (Å²) < 4.78 is 0. The van der Waals surface area contributed by atoms with E-state index in [0.717, 1.165) is 25.0 Å². The van der Waals surface area contributed by atoms with Gasteiger partial charge in [-0.1, -0.05) is 31.2 Å². The molecule has 2 heteroatoms. The predicted octanol–water partition coefficient (Wildman–Crippen LogP) is 2.58. The highest BCUT2D eigenvalue weighted by Gasteiger charge is 2.28. The minimum absolute atomic E-state index is 0.743. The zero-order chi connectivity index (χ0) is 12.4. The second-order valence-corrected chi connectivity index (χ2v) is 5.83. The molecule has 2 fully saturated rings. The number of hydrogen-bond acceptors (Lipinski definition) is 2. The number of rotatable bonds is 3. The Balaban J connectivity index is 1.61. The highest BCUT2D eigenvalue weighted by atomic mass is 15.2. The standard InChI is InChI=1S/C16H24N2/c1-2-13-3-5-14(6-4-13)11-18-10-9-15-7-8-16(12-18)17-15/h3-6,15-17H,2,7-12H2,1H3. The van der Waals surface area contributed by atoms with Crippen LogP contribution in [0.15, 0.2) is 24.3 Å². The van der Waals surface area contributed by atoms with Crippen molar-refractivity contribution in [3.05, 3.63) is 35.4 Å². The Morgan fingerprint density at radius 1 is 1.06 bits per heavy atom. The molecule has 2 heterocycles. The van der Waals surface area contributed by atoms with Crippen molar-refractivity contribution in [3.8, 4) is 0 Å². The monoisotopic (exact) mass is 244 g/mol. The topological polar surface area (TPSA) is 15.3 Å². The SMILES string of the molecule is CCc1ccc(CN2CCC3CCC(C2)N3)cc1. The van der Waals surface area contributed by atoms with Crippen molar-refractivity contribution in [1.82, 2.24) is 10.2 Å². The van der Waals surface area contributed by atoms with Crippen LogP contribution in [-0.2, 0) is 13.0 Å². The zero-order valence-corrected chi connectivity index (χ0v) is 11.4. The smallest absolute Gasteiger partial charge is 0.0234 e. The first-order valence-corrected chi connectivity index (χ1v) is 7.39. The second-order valence-electron chi connectivity index (χ2n) is 5.83. The fourth-order valence-corrected chi connectivity index (χ4v) is 3.30. The van der Waals surface area contributed by atoms with Gasteiger partial charge in [0.25, 0.3) is 0 Å². The maximum Gasteiger partial charge on any atom is 0.0234 e. The van der Waals surface area contributed by atoms with Crippen LogP contribution in [-0.4, -0.2) is 30.1 Å². The van der Waals surface area contributed by atoms with Crippen molar-refractivity contribution in [2.75, 3.05) is 13.1 Å². The summed E-state index contributed by atoms with van der Waals surface area (Å²) in [5.41, 5.74) is 2.90. The average molecular weight is 244 g/mol. The third-order valence-corrected chi connectivity index (χ3v) is 4.44. The van der Waals surface area contributed by atoms with Crippen molar-refractivity contribution >= 4 is 0 Å². The van der Waals surface area contributed by atoms with Crippen molar-refractivity contribution in [2.45, 2.75) is 51.2 Å². The lowest BCUT2D eigenvalue weighted by atomic mass is 10.1. The van der Waals surface area contributed by atoms with Crippen molar-refractivity contribution in [1.29, 1.82) is 0 Å². The number of fused-ring (bicyclic) bond motifs is 2. The van der Waals surface area contributed by atoms with Gasteiger partial charge in [-0.15, -0.1) is 0 Å². The molecular formula is C16H24N2. The van der Waals surface area contributed by atoms with Crippen LogP contribution in [0, 0.1) is 0 Å². The van der Waals surface area contributed by atoms with E-state index in [1.54, 1.807) is 0 Å². The molecule has 2 unspecified atom stereocenters. The lowest BCUT2D eigenvalue weighted by Gasteiger charge is -2.24. The van der Waals surface area contributed by atoms with Gasteiger partial charge >= 0.3 is 0 Å². The molecule has 2 atom stereocenters. The predicted molar refractivity (Wildman–Crippen MR) is 75.7 cm³/mol. The van der Waals surface area contributed by atoms with Crippen LogP contribution in [0.5, 0.6) is 0 Å². The molecule has 2 nitrogen and oxygen atoms in total. The summed E-state index contributed by atoms with van der Waals surface area (Å²) >= 11 is 0. The van der Waals surface area contributed by atoms with Gasteiger partial charge in [0.15, 0.2) is 0 Å². The molecule has 0 saturated carbocycles. The normalized spacial score (nSPS) is 28.3. The number of likely N-dealkylation sites (tertiary alicyclic amines) is 1. The molecule has 2 saturated heterocycles. The lowest BCUT2D eigenvalue weighted by Crippen LogP contribution is -2.34. The summed E-state index contributed by atoms with van der Waals surface area (Å²) in [4.78, 5) is 2.62. The summed E-state index contributed by atoms with van der Waals surface area (Å²) in [6.07, 6.45) is 5.22. The van der Waals surface area contributed by atoms with E-state index in [-0.39, 0.29) is 0 Å². The molecule has 1 N–H and O–H groups in total. The first-order valence-electron chi connectivity index (χ1n) is 7.39. The lowest BCUT2D eigenvalue weighted by molar-refractivity contribution is 0.251. The molecule has 2 aliphatic rings. The van der Waals surface area contributed by atoms with Crippen LogP contribution < -0.4 is 5.32 Å². The van der Waals surface area contributed by atoms with Gasteiger partial charge in [-0.2, -0.15) is 0 Å². The summed E-state index contributed by atoms with van der Waals surface area (Å²) in [6, 6.07) is 10.7. The van der Waals surface area contributed by atoms with Gasteiger partial charge in [0.1, 0.15) is 0 Å². The second kappa shape index (κ2) is 5.41. The number of nitrogens with one attached hydrogen (secondary N) is 1. The molecule has 18 heavy (non-hydrogen) atoms. The van der Waals surface area contributed by atoms with E-state index in [0.29, 0.717) is 0 Å². The number of hydrogen-bond donors (Lipinski definition) is 1. The van der Waals surface area contributed by atoms with E-state index < -0.39 is 0 Å². The molecule has 0 aromatic heterocycles. The Kier molecular flexibility index (Phi) is 3.67. The number of nitrogens with zero attached hydrogens (tertiary/aromatic N) is 1. The molecule has 2 bridgehead atoms. The fourth-order valence-electron chi connectivity index (χ4n) is 3.30. The van der Waals surface area contributed by atoms with Crippen molar-refractivity contribution < 1.29 is 0 Å². The molecule has 3 rings (SSSR count). The summed E-state index contributed by atoms with van der Waals surface area (Å²) in [5.74, 6) is 0. The molecule has 1 aromatic rings. The molecule has 1 aromatic carbocycles. The van der Waals surface area contributed by atoms with Crippen molar-refractivity contribution in [2.24, 2.45) is 0 Å². The third kappa shape index (κ3) is 2.76. The Bertz CT molecular complexity index is 385. The van der Waals surface area contributed by atoms with Crippen LogP contribution in [0.3, 0.4) is 0 Å². The van der Waals surface area contributed by atoms with Gasteiger partial charge in [0.2, 0.25) is 0 Å². The first kappa shape index (κ1) is 12.2. The summed E-state index contributed by atoms with van der Waals surface area (Å²) in [7, 11) is 0. The van der Waals surface area contributed by atoms with E-state index in [1.165, 1.54) is 43.5 Å². The van der Waals surface area contributed by atoms with E-state index >= 15 is 0 Å².